The lowest BCUT2D eigenvalue weighted by Gasteiger charge is -2.14. The summed E-state index contributed by atoms with van der Waals surface area (Å²) in [4.78, 5) is 3.59. The summed E-state index contributed by atoms with van der Waals surface area (Å²) in [7, 11) is 2.08. The number of allylic oxidation sites excluding steroid dienone is 2. The van der Waals surface area contributed by atoms with Crippen molar-refractivity contribution in [3.05, 3.63) is 22.9 Å². The van der Waals surface area contributed by atoms with Gasteiger partial charge in [-0.3, -0.25) is 0 Å². The van der Waals surface area contributed by atoms with Crippen LogP contribution >= 0.6 is 11.8 Å². The van der Waals surface area contributed by atoms with E-state index in [0.29, 0.717) is 0 Å². The third-order valence-corrected chi connectivity index (χ3v) is 2.85. The maximum Gasteiger partial charge on any atom is 0.0232 e. The van der Waals surface area contributed by atoms with Crippen LogP contribution in [0.5, 0.6) is 0 Å². The van der Waals surface area contributed by atoms with Crippen LogP contribution in [0.4, 0.5) is 0 Å². The van der Waals surface area contributed by atoms with Crippen molar-refractivity contribution in [3.63, 3.8) is 0 Å². The van der Waals surface area contributed by atoms with Crippen LogP contribution in [0.25, 0.3) is 0 Å². The van der Waals surface area contributed by atoms with Crippen molar-refractivity contribution >= 4 is 11.8 Å². The molecule has 0 aromatic carbocycles. The first-order valence-corrected chi connectivity index (χ1v) is 4.40. The molecule has 0 saturated heterocycles. The Balaban J connectivity index is 2.82. The van der Waals surface area contributed by atoms with E-state index in [1.54, 1.807) is 0 Å². The van der Waals surface area contributed by atoms with E-state index >= 15 is 0 Å². The monoisotopic (exact) mass is 155 g/mol. The standard InChI is InChI=1S/C8H13NS/c1-7-8(2)10-6-4-5-9(7)3/h4-5H,6H2,1-3H3. The van der Waals surface area contributed by atoms with Crippen LogP contribution in [0.3, 0.4) is 0 Å². The lowest BCUT2D eigenvalue weighted by Crippen LogP contribution is -2.06. The minimum absolute atomic E-state index is 1.10. The molecule has 0 fully saturated rings. The molecule has 0 bridgehead atoms. The van der Waals surface area contributed by atoms with E-state index in [1.165, 1.54) is 10.6 Å². The normalized spacial score (nSPS) is 19.7. The van der Waals surface area contributed by atoms with Crippen molar-refractivity contribution in [1.29, 1.82) is 0 Å². The number of hydrogen-bond donors (Lipinski definition) is 0. The second kappa shape index (κ2) is 3.15. The van der Waals surface area contributed by atoms with Crippen molar-refractivity contribution in [2.75, 3.05) is 12.8 Å². The molecule has 1 nitrogen and oxygen atoms in total. The number of rotatable bonds is 0. The smallest absolute Gasteiger partial charge is 0.0232 e. The van der Waals surface area contributed by atoms with Crippen LogP contribution in [0, 0.1) is 0 Å². The van der Waals surface area contributed by atoms with E-state index in [4.69, 9.17) is 0 Å². The van der Waals surface area contributed by atoms with E-state index in [1.807, 2.05) is 11.8 Å². The van der Waals surface area contributed by atoms with Gasteiger partial charge in [-0.25, -0.2) is 0 Å². The molecule has 0 atom stereocenters. The van der Waals surface area contributed by atoms with Gasteiger partial charge in [-0.2, -0.15) is 0 Å². The second-order valence-corrected chi connectivity index (χ2v) is 3.68. The highest BCUT2D eigenvalue weighted by atomic mass is 32.2. The highest BCUT2D eigenvalue weighted by Gasteiger charge is 2.03. The Hall–Kier alpha value is -0.370. The zero-order valence-electron chi connectivity index (χ0n) is 6.72. The van der Waals surface area contributed by atoms with Crippen LogP contribution < -0.4 is 0 Å². The number of hydrogen-bond acceptors (Lipinski definition) is 2. The van der Waals surface area contributed by atoms with Gasteiger partial charge in [-0.1, -0.05) is 6.08 Å². The lowest BCUT2D eigenvalue weighted by atomic mass is 10.4. The molecule has 0 saturated carbocycles. The van der Waals surface area contributed by atoms with Gasteiger partial charge in [0.1, 0.15) is 0 Å². The maximum absolute atomic E-state index is 2.19. The molecule has 1 rings (SSSR count). The molecule has 0 amide bonds. The van der Waals surface area contributed by atoms with Crippen LogP contribution in [-0.2, 0) is 0 Å². The van der Waals surface area contributed by atoms with Crippen LogP contribution in [0.2, 0.25) is 0 Å². The van der Waals surface area contributed by atoms with Gasteiger partial charge in [0.25, 0.3) is 0 Å². The molecule has 0 aromatic heterocycles. The largest absolute Gasteiger partial charge is 0.354 e. The van der Waals surface area contributed by atoms with E-state index in [9.17, 15) is 0 Å². The van der Waals surface area contributed by atoms with E-state index in [2.05, 4.69) is 38.1 Å². The fourth-order valence-corrected chi connectivity index (χ4v) is 1.62. The Morgan fingerprint density at radius 2 is 2.20 bits per heavy atom. The lowest BCUT2D eigenvalue weighted by molar-refractivity contribution is 0.567. The summed E-state index contributed by atoms with van der Waals surface area (Å²) < 4.78 is 0. The van der Waals surface area contributed by atoms with Gasteiger partial charge in [-0.05, 0) is 13.8 Å². The molecule has 1 aliphatic heterocycles. The fraction of sp³-hybridized carbons (Fsp3) is 0.500. The average molecular weight is 155 g/mol. The first-order valence-electron chi connectivity index (χ1n) is 3.41. The van der Waals surface area contributed by atoms with Crippen molar-refractivity contribution in [1.82, 2.24) is 4.90 Å². The summed E-state index contributed by atoms with van der Waals surface area (Å²) in [5, 5.41) is 0. The van der Waals surface area contributed by atoms with Gasteiger partial charge in [0.05, 0.1) is 0 Å². The first kappa shape index (κ1) is 7.73. The minimum Gasteiger partial charge on any atom is -0.354 e. The van der Waals surface area contributed by atoms with E-state index in [0.717, 1.165) is 5.75 Å². The van der Waals surface area contributed by atoms with Crippen molar-refractivity contribution in [2.24, 2.45) is 0 Å². The van der Waals surface area contributed by atoms with Crippen LogP contribution in [0.1, 0.15) is 13.8 Å². The molecule has 10 heavy (non-hydrogen) atoms. The van der Waals surface area contributed by atoms with Gasteiger partial charge in [-0.15, -0.1) is 11.8 Å². The molecule has 0 radical (unpaired) electrons. The van der Waals surface area contributed by atoms with Crippen molar-refractivity contribution < 1.29 is 0 Å². The second-order valence-electron chi connectivity index (χ2n) is 2.45. The highest BCUT2D eigenvalue weighted by molar-refractivity contribution is 8.03. The predicted octanol–water partition coefficient (Wildman–Crippen LogP) is 2.43. The highest BCUT2D eigenvalue weighted by Crippen LogP contribution is 2.23. The summed E-state index contributed by atoms with van der Waals surface area (Å²) in [5.74, 6) is 1.10. The van der Waals surface area contributed by atoms with Crippen molar-refractivity contribution in [3.8, 4) is 0 Å². The van der Waals surface area contributed by atoms with E-state index in [-0.39, 0.29) is 0 Å². The molecule has 1 aliphatic rings. The molecular formula is C8H13NS. The summed E-state index contributed by atoms with van der Waals surface area (Å²) in [6, 6.07) is 0. The van der Waals surface area contributed by atoms with Gasteiger partial charge >= 0.3 is 0 Å². The summed E-state index contributed by atoms with van der Waals surface area (Å²) in [6.07, 6.45) is 4.31. The van der Waals surface area contributed by atoms with Gasteiger partial charge in [0.2, 0.25) is 0 Å². The Morgan fingerprint density at radius 1 is 1.50 bits per heavy atom. The number of nitrogens with zero attached hydrogens (tertiary/aromatic N) is 1. The molecule has 0 unspecified atom stereocenters. The minimum atomic E-state index is 1.10. The summed E-state index contributed by atoms with van der Waals surface area (Å²) in [5.41, 5.74) is 1.36. The van der Waals surface area contributed by atoms with Gasteiger partial charge in [0.15, 0.2) is 0 Å². The molecule has 56 valence electrons. The summed E-state index contributed by atoms with van der Waals surface area (Å²) >= 11 is 1.90. The predicted molar refractivity (Wildman–Crippen MR) is 47.7 cm³/mol. The molecule has 0 aromatic rings. The molecule has 2 heteroatoms. The Labute approximate surface area is 66.8 Å². The molecule has 0 aliphatic carbocycles. The molecule has 0 spiro atoms. The Kier molecular flexibility index (Phi) is 2.44. The van der Waals surface area contributed by atoms with Crippen LogP contribution in [0.15, 0.2) is 22.9 Å². The zero-order chi connectivity index (χ0) is 7.56. The third kappa shape index (κ3) is 1.57. The maximum atomic E-state index is 2.19. The Morgan fingerprint density at radius 3 is 2.90 bits per heavy atom. The first-order chi connectivity index (χ1) is 4.72. The number of thioether (sulfide) groups is 1. The fourth-order valence-electron chi connectivity index (χ4n) is 0.839. The molecule has 0 N–H and O–H groups in total. The van der Waals surface area contributed by atoms with Gasteiger partial charge < -0.3 is 4.90 Å². The van der Waals surface area contributed by atoms with Crippen LogP contribution in [-0.4, -0.2) is 17.7 Å². The zero-order valence-corrected chi connectivity index (χ0v) is 7.53. The molecular weight excluding hydrogens is 142 g/mol. The molecule has 1 heterocycles. The summed E-state index contributed by atoms with van der Waals surface area (Å²) in [6.45, 7) is 4.32. The topological polar surface area (TPSA) is 3.24 Å². The average Bonchev–Trinajstić information content (AvgIpc) is 2.04. The third-order valence-electron chi connectivity index (χ3n) is 1.76. The SMILES string of the molecule is CC1=C(C)N(C)C=CCS1. The van der Waals surface area contributed by atoms with E-state index < -0.39 is 0 Å². The Bertz CT molecular complexity index is 182. The quantitative estimate of drug-likeness (QED) is 0.528. The van der Waals surface area contributed by atoms with Gasteiger partial charge in [0, 0.05) is 29.6 Å². The van der Waals surface area contributed by atoms with Crippen molar-refractivity contribution in [2.45, 2.75) is 13.8 Å².